The largest absolute Gasteiger partial charge is 0.490 e. The molecule has 0 amide bonds. The van der Waals surface area contributed by atoms with Gasteiger partial charge in [-0.2, -0.15) is 5.10 Å². The summed E-state index contributed by atoms with van der Waals surface area (Å²) in [5, 5.41) is 19.2. The second kappa shape index (κ2) is 11.8. The van der Waals surface area contributed by atoms with Crippen LogP contribution in [0.2, 0.25) is 0 Å². The van der Waals surface area contributed by atoms with Gasteiger partial charge < -0.3 is 19.5 Å². The molecule has 6 heteroatoms. The first kappa shape index (κ1) is 24.0. The SMILES string of the molecule is CCCCc1nnc(OC[C@H]2CN(C)CC[C@@H]2O)cc1-c1ccc(OC2CCCCC2)cc1. The van der Waals surface area contributed by atoms with Crippen molar-refractivity contribution in [1.29, 1.82) is 0 Å². The van der Waals surface area contributed by atoms with Crippen LogP contribution in [0.4, 0.5) is 0 Å². The van der Waals surface area contributed by atoms with E-state index in [9.17, 15) is 5.11 Å². The molecular formula is C27H39N3O3. The van der Waals surface area contributed by atoms with E-state index < -0.39 is 0 Å². The minimum atomic E-state index is -0.325. The summed E-state index contributed by atoms with van der Waals surface area (Å²) < 4.78 is 12.2. The summed E-state index contributed by atoms with van der Waals surface area (Å²) in [6.45, 7) is 4.39. The summed E-state index contributed by atoms with van der Waals surface area (Å²) in [7, 11) is 2.08. The zero-order chi connectivity index (χ0) is 23.0. The molecule has 0 spiro atoms. The lowest BCUT2D eigenvalue weighted by molar-refractivity contribution is 0.0127. The smallest absolute Gasteiger partial charge is 0.234 e. The molecule has 1 aromatic heterocycles. The predicted octanol–water partition coefficient (Wildman–Crippen LogP) is 4.89. The Hall–Kier alpha value is -2.18. The third kappa shape index (κ3) is 6.67. The summed E-state index contributed by atoms with van der Waals surface area (Å²) in [4.78, 5) is 2.24. The lowest BCUT2D eigenvalue weighted by atomic mass is 9.96. The highest BCUT2D eigenvalue weighted by Gasteiger charge is 2.27. The Morgan fingerprint density at radius 2 is 1.85 bits per heavy atom. The Kier molecular flexibility index (Phi) is 8.57. The molecule has 2 aromatic rings. The van der Waals surface area contributed by atoms with E-state index in [1.54, 1.807) is 0 Å². The molecular weight excluding hydrogens is 414 g/mol. The summed E-state index contributed by atoms with van der Waals surface area (Å²) >= 11 is 0. The maximum Gasteiger partial charge on any atom is 0.234 e. The van der Waals surface area contributed by atoms with Crippen LogP contribution in [0.1, 0.15) is 64.0 Å². The van der Waals surface area contributed by atoms with Crippen molar-refractivity contribution in [2.75, 3.05) is 26.7 Å². The van der Waals surface area contributed by atoms with E-state index in [2.05, 4.69) is 53.3 Å². The topological polar surface area (TPSA) is 67.7 Å². The minimum Gasteiger partial charge on any atom is -0.490 e. The second-order valence-electron chi connectivity index (χ2n) is 9.74. The van der Waals surface area contributed by atoms with Crippen LogP contribution < -0.4 is 9.47 Å². The van der Waals surface area contributed by atoms with Crippen molar-refractivity contribution in [2.45, 2.75) is 76.9 Å². The van der Waals surface area contributed by atoms with Crippen LogP contribution >= 0.6 is 0 Å². The van der Waals surface area contributed by atoms with Crippen molar-refractivity contribution in [3.63, 3.8) is 0 Å². The average Bonchev–Trinajstić information content (AvgIpc) is 2.85. The van der Waals surface area contributed by atoms with Gasteiger partial charge in [0.25, 0.3) is 0 Å². The van der Waals surface area contributed by atoms with E-state index in [4.69, 9.17) is 9.47 Å². The zero-order valence-electron chi connectivity index (χ0n) is 20.2. The van der Waals surface area contributed by atoms with Gasteiger partial charge in [0.1, 0.15) is 5.75 Å². The van der Waals surface area contributed by atoms with Gasteiger partial charge >= 0.3 is 0 Å². The van der Waals surface area contributed by atoms with Crippen LogP contribution in [0.25, 0.3) is 11.1 Å². The monoisotopic (exact) mass is 453 g/mol. The Labute approximate surface area is 198 Å². The lowest BCUT2D eigenvalue weighted by Crippen LogP contribution is -2.43. The molecule has 1 saturated heterocycles. The first-order valence-electron chi connectivity index (χ1n) is 12.8. The summed E-state index contributed by atoms with van der Waals surface area (Å²) in [5.74, 6) is 1.55. The van der Waals surface area contributed by atoms with Crippen LogP contribution in [-0.4, -0.2) is 59.2 Å². The Morgan fingerprint density at radius 3 is 2.61 bits per heavy atom. The molecule has 0 unspecified atom stereocenters. The van der Waals surface area contributed by atoms with E-state index in [1.807, 2.05) is 6.07 Å². The van der Waals surface area contributed by atoms with Crippen molar-refractivity contribution in [3.05, 3.63) is 36.0 Å². The van der Waals surface area contributed by atoms with Gasteiger partial charge in [-0.1, -0.05) is 31.9 Å². The summed E-state index contributed by atoms with van der Waals surface area (Å²) in [5.41, 5.74) is 3.18. The van der Waals surface area contributed by atoms with E-state index in [-0.39, 0.29) is 12.0 Å². The van der Waals surface area contributed by atoms with Gasteiger partial charge in [0.2, 0.25) is 5.88 Å². The van der Waals surface area contributed by atoms with Gasteiger partial charge in [0.05, 0.1) is 24.5 Å². The standard InChI is InChI=1S/C27H39N3O3/c1-3-4-10-25-24(20-11-13-23(14-12-20)33-22-8-6-5-7-9-22)17-27(29-28-25)32-19-21-18-30(2)16-15-26(21)31/h11-14,17,21-22,26,31H,3-10,15-16,18-19H2,1-2H3/t21-,26+/m1/s1. The van der Waals surface area contributed by atoms with Crippen LogP contribution in [0.5, 0.6) is 11.6 Å². The van der Waals surface area contributed by atoms with Crippen molar-refractivity contribution in [3.8, 4) is 22.8 Å². The van der Waals surface area contributed by atoms with Gasteiger partial charge in [-0.25, -0.2) is 0 Å². The van der Waals surface area contributed by atoms with Crippen LogP contribution in [0.3, 0.4) is 0 Å². The predicted molar refractivity (Wildman–Crippen MR) is 131 cm³/mol. The fourth-order valence-corrected chi connectivity index (χ4v) is 4.89. The number of aliphatic hydroxyl groups is 1. The van der Waals surface area contributed by atoms with Gasteiger partial charge in [0, 0.05) is 30.6 Å². The number of likely N-dealkylation sites (tertiary alicyclic amines) is 1. The fourth-order valence-electron chi connectivity index (χ4n) is 4.89. The molecule has 1 N–H and O–H groups in total. The highest BCUT2D eigenvalue weighted by molar-refractivity contribution is 5.67. The lowest BCUT2D eigenvalue weighted by Gasteiger charge is -2.33. The van der Waals surface area contributed by atoms with E-state index in [0.717, 1.165) is 74.2 Å². The second-order valence-corrected chi connectivity index (χ2v) is 9.74. The molecule has 4 rings (SSSR count). The zero-order valence-corrected chi connectivity index (χ0v) is 20.2. The minimum absolute atomic E-state index is 0.0880. The normalized spacial score (nSPS) is 22.3. The molecule has 2 aliphatic rings. The Morgan fingerprint density at radius 1 is 1.06 bits per heavy atom. The molecule has 1 aliphatic carbocycles. The van der Waals surface area contributed by atoms with Gasteiger partial charge in [-0.15, -0.1) is 5.10 Å². The molecule has 2 heterocycles. The number of hydrogen-bond donors (Lipinski definition) is 1. The molecule has 1 aromatic carbocycles. The first-order chi connectivity index (χ1) is 16.1. The van der Waals surface area contributed by atoms with Gasteiger partial charge in [-0.3, -0.25) is 0 Å². The maximum atomic E-state index is 10.3. The average molecular weight is 454 g/mol. The van der Waals surface area contributed by atoms with Crippen LogP contribution in [0.15, 0.2) is 30.3 Å². The van der Waals surface area contributed by atoms with Gasteiger partial charge in [-0.05, 0) is 69.7 Å². The summed E-state index contributed by atoms with van der Waals surface area (Å²) in [6.07, 6.45) is 10.1. The number of hydrogen-bond acceptors (Lipinski definition) is 6. The maximum absolute atomic E-state index is 10.3. The molecule has 1 aliphatic heterocycles. The Bertz CT molecular complexity index is 867. The highest BCUT2D eigenvalue weighted by atomic mass is 16.5. The number of piperidine rings is 1. The molecule has 180 valence electrons. The number of benzene rings is 1. The number of ether oxygens (including phenoxy) is 2. The van der Waals surface area contributed by atoms with Crippen molar-refractivity contribution in [1.82, 2.24) is 15.1 Å². The van der Waals surface area contributed by atoms with Crippen LogP contribution in [-0.2, 0) is 6.42 Å². The number of aryl methyl sites for hydroxylation is 1. The third-order valence-electron chi connectivity index (χ3n) is 6.98. The number of aliphatic hydroxyl groups excluding tert-OH is 1. The van der Waals surface area contributed by atoms with Crippen molar-refractivity contribution < 1.29 is 14.6 Å². The van der Waals surface area contributed by atoms with E-state index in [1.165, 1.54) is 19.3 Å². The van der Waals surface area contributed by atoms with E-state index >= 15 is 0 Å². The number of rotatable bonds is 9. The molecule has 0 radical (unpaired) electrons. The first-order valence-corrected chi connectivity index (χ1v) is 12.8. The van der Waals surface area contributed by atoms with Crippen LogP contribution in [0, 0.1) is 5.92 Å². The van der Waals surface area contributed by atoms with E-state index in [0.29, 0.717) is 18.6 Å². The molecule has 2 fully saturated rings. The quantitative estimate of drug-likeness (QED) is 0.583. The number of nitrogens with zero attached hydrogens (tertiary/aromatic N) is 3. The fraction of sp³-hybridized carbons (Fsp3) is 0.630. The number of unbranched alkanes of at least 4 members (excludes halogenated alkanes) is 1. The molecule has 0 bridgehead atoms. The number of aromatic nitrogens is 2. The molecule has 33 heavy (non-hydrogen) atoms. The van der Waals surface area contributed by atoms with Crippen molar-refractivity contribution >= 4 is 0 Å². The van der Waals surface area contributed by atoms with Gasteiger partial charge in [0.15, 0.2) is 0 Å². The Balaban J connectivity index is 1.47. The summed E-state index contributed by atoms with van der Waals surface area (Å²) in [6, 6.07) is 10.4. The third-order valence-corrected chi connectivity index (χ3v) is 6.98. The molecule has 1 saturated carbocycles. The highest BCUT2D eigenvalue weighted by Crippen LogP contribution is 2.30. The molecule has 6 nitrogen and oxygen atoms in total. The molecule has 2 atom stereocenters. The van der Waals surface area contributed by atoms with Crippen molar-refractivity contribution in [2.24, 2.45) is 5.92 Å².